The number of halogens is 1. The maximum Gasteiger partial charge on any atom is 0.288 e. The van der Waals surface area contributed by atoms with Crippen molar-refractivity contribution in [2.24, 2.45) is 0 Å². The molecule has 0 atom stereocenters. The first-order valence-corrected chi connectivity index (χ1v) is 10.5. The maximum atomic E-state index is 12.3. The minimum Gasteiger partial charge on any atom is -0.267 e. The van der Waals surface area contributed by atoms with Crippen LogP contribution in [0.3, 0.4) is 0 Å². The number of aryl methyl sites for hydroxylation is 1. The van der Waals surface area contributed by atoms with E-state index < -0.39 is 10.5 Å². The minimum absolute atomic E-state index is 0.128. The summed E-state index contributed by atoms with van der Waals surface area (Å²) in [5.41, 5.74) is 1.96. The van der Waals surface area contributed by atoms with Crippen LogP contribution in [0.2, 0.25) is 5.02 Å². The second kappa shape index (κ2) is 7.90. The SMILES string of the molecule is Cc1cccc(-n2cc(CSc3nc(=O)c4cc(Cl)cc([N+](=O)[O-])c4s3)nn2)c1. The van der Waals surface area contributed by atoms with Gasteiger partial charge in [0.05, 0.1) is 27.9 Å². The van der Waals surface area contributed by atoms with Gasteiger partial charge in [-0.3, -0.25) is 14.9 Å². The number of nitro benzene ring substituents is 1. The van der Waals surface area contributed by atoms with Gasteiger partial charge in [0.2, 0.25) is 0 Å². The van der Waals surface area contributed by atoms with E-state index in [4.69, 9.17) is 11.6 Å². The lowest BCUT2D eigenvalue weighted by atomic mass is 10.2. The van der Waals surface area contributed by atoms with Gasteiger partial charge in [-0.1, -0.05) is 40.7 Å². The molecule has 8 nitrogen and oxygen atoms in total. The lowest BCUT2D eigenvalue weighted by molar-refractivity contribution is -0.382. The third-order valence-electron chi connectivity index (χ3n) is 3.99. The van der Waals surface area contributed by atoms with Crippen LogP contribution in [0.5, 0.6) is 0 Å². The van der Waals surface area contributed by atoms with Gasteiger partial charge in [0, 0.05) is 16.8 Å². The van der Waals surface area contributed by atoms with Crippen molar-refractivity contribution < 1.29 is 4.92 Å². The van der Waals surface area contributed by atoms with Crippen molar-refractivity contribution in [2.75, 3.05) is 0 Å². The molecule has 0 saturated heterocycles. The molecule has 146 valence electrons. The van der Waals surface area contributed by atoms with Crippen LogP contribution in [0.1, 0.15) is 11.3 Å². The highest BCUT2D eigenvalue weighted by Crippen LogP contribution is 2.35. The van der Waals surface area contributed by atoms with Crippen LogP contribution in [0.25, 0.3) is 15.8 Å². The summed E-state index contributed by atoms with van der Waals surface area (Å²) >= 11 is 8.25. The molecular weight excluding hydrogens is 434 g/mol. The van der Waals surface area contributed by atoms with Crippen molar-refractivity contribution in [1.29, 1.82) is 0 Å². The standard InChI is InChI=1S/C18H12ClN5O3S2/c1-10-3-2-4-13(5-10)23-8-12(21-22-23)9-28-18-20-17(25)14-6-11(19)7-15(24(26)27)16(14)29-18/h2-8H,9H2,1H3. The first-order valence-electron chi connectivity index (χ1n) is 8.30. The Bertz CT molecular complexity index is 1300. The van der Waals surface area contributed by atoms with E-state index in [0.717, 1.165) is 22.6 Å². The number of rotatable bonds is 5. The summed E-state index contributed by atoms with van der Waals surface area (Å²) < 4.78 is 2.34. The Hall–Kier alpha value is -2.82. The van der Waals surface area contributed by atoms with Gasteiger partial charge in [-0.05, 0) is 30.7 Å². The summed E-state index contributed by atoms with van der Waals surface area (Å²) in [6.07, 6.45) is 1.80. The molecule has 0 saturated carbocycles. The smallest absolute Gasteiger partial charge is 0.267 e. The highest BCUT2D eigenvalue weighted by Gasteiger charge is 2.18. The predicted molar refractivity (Wildman–Crippen MR) is 113 cm³/mol. The quantitative estimate of drug-likeness (QED) is 0.254. The fourth-order valence-corrected chi connectivity index (χ4v) is 4.92. The monoisotopic (exact) mass is 445 g/mol. The molecule has 4 rings (SSSR count). The number of thioether (sulfide) groups is 1. The molecule has 0 fully saturated rings. The van der Waals surface area contributed by atoms with Crippen molar-refractivity contribution in [3.63, 3.8) is 0 Å². The van der Waals surface area contributed by atoms with Crippen LogP contribution in [-0.2, 0) is 5.75 Å². The van der Waals surface area contributed by atoms with E-state index in [-0.39, 0.29) is 20.8 Å². The zero-order chi connectivity index (χ0) is 20.5. The van der Waals surface area contributed by atoms with Gasteiger partial charge in [0.15, 0.2) is 4.34 Å². The van der Waals surface area contributed by atoms with E-state index in [1.807, 2.05) is 31.2 Å². The number of non-ortho nitro benzene ring substituents is 1. The molecule has 11 heteroatoms. The first kappa shape index (κ1) is 19.5. The van der Waals surface area contributed by atoms with Gasteiger partial charge in [0.1, 0.15) is 4.70 Å². The summed E-state index contributed by atoms with van der Waals surface area (Å²) in [6, 6.07) is 10.5. The molecule has 0 radical (unpaired) electrons. The largest absolute Gasteiger partial charge is 0.288 e. The number of hydrogen-bond acceptors (Lipinski definition) is 8. The van der Waals surface area contributed by atoms with E-state index >= 15 is 0 Å². The molecular formula is C18H12ClN5O3S2. The number of nitrogens with zero attached hydrogens (tertiary/aromatic N) is 5. The van der Waals surface area contributed by atoms with E-state index in [0.29, 0.717) is 15.8 Å². The minimum atomic E-state index is -0.550. The Kier molecular flexibility index (Phi) is 5.31. The third kappa shape index (κ3) is 4.14. The average molecular weight is 446 g/mol. The number of hydrogen-bond donors (Lipinski definition) is 0. The Labute approximate surface area is 177 Å². The fraction of sp³-hybridized carbons (Fsp3) is 0.111. The van der Waals surface area contributed by atoms with Gasteiger partial charge < -0.3 is 0 Å². The second-order valence-corrected chi connectivity index (χ2v) is 8.78. The molecule has 2 heterocycles. The van der Waals surface area contributed by atoms with Crippen molar-refractivity contribution in [2.45, 2.75) is 17.0 Å². The lowest BCUT2D eigenvalue weighted by Gasteiger charge is -2.02. The van der Waals surface area contributed by atoms with Crippen LogP contribution in [-0.4, -0.2) is 24.9 Å². The summed E-state index contributed by atoms with van der Waals surface area (Å²) in [6.45, 7) is 2.00. The summed E-state index contributed by atoms with van der Waals surface area (Å²) in [4.78, 5) is 27.1. The van der Waals surface area contributed by atoms with Crippen molar-refractivity contribution >= 4 is 50.5 Å². The zero-order valence-electron chi connectivity index (χ0n) is 14.9. The Morgan fingerprint density at radius 2 is 2.14 bits per heavy atom. The number of nitro groups is 1. The summed E-state index contributed by atoms with van der Waals surface area (Å²) in [7, 11) is 0. The van der Waals surface area contributed by atoms with Crippen LogP contribution in [0.4, 0.5) is 5.69 Å². The summed E-state index contributed by atoms with van der Waals surface area (Å²) in [5.74, 6) is 0.418. The second-order valence-electron chi connectivity index (χ2n) is 6.13. The average Bonchev–Trinajstić information content (AvgIpc) is 3.15. The predicted octanol–water partition coefficient (Wildman–Crippen LogP) is 4.40. The lowest BCUT2D eigenvalue weighted by Crippen LogP contribution is -2.06. The number of fused-ring (bicyclic) bond motifs is 1. The van der Waals surface area contributed by atoms with Crippen molar-refractivity contribution in [1.82, 2.24) is 20.0 Å². The van der Waals surface area contributed by atoms with Gasteiger partial charge >= 0.3 is 0 Å². The Morgan fingerprint density at radius 1 is 1.31 bits per heavy atom. The fourth-order valence-electron chi connectivity index (χ4n) is 2.69. The molecule has 0 aliphatic carbocycles. The Balaban J connectivity index is 1.61. The van der Waals surface area contributed by atoms with E-state index in [9.17, 15) is 14.9 Å². The Morgan fingerprint density at radius 3 is 2.90 bits per heavy atom. The summed E-state index contributed by atoms with van der Waals surface area (Å²) in [5, 5.41) is 19.9. The topological polar surface area (TPSA) is 104 Å². The molecule has 0 bridgehead atoms. The molecule has 0 aliphatic heterocycles. The van der Waals surface area contributed by atoms with E-state index in [1.165, 1.54) is 23.9 Å². The van der Waals surface area contributed by atoms with Gasteiger partial charge in [0.25, 0.3) is 11.2 Å². The molecule has 0 unspecified atom stereocenters. The molecule has 29 heavy (non-hydrogen) atoms. The molecule has 0 N–H and O–H groups in total. The van der Waals surface area contributed by atoms with Crippen LogP contribution in [0, 0.1) is 17.0 Å². The van der Waals surface area contributed by atoms with Gasteiger partial charge in [-0.15, -0.1) is 16.4 Å². The van der Waals surface area contributed by atoms with Crippen molar-refractivity contribution in [3.05, 3.63) is 79.3 Å². The van der Waals surface area contributed by atoms with E-state index in [1.54, 1.807) is 10.9 Å². The molecule has 2 aromatic carbocycles. The van der Waals surface area contributed by atoms with Gasteiger partial charge in [-0.2, -0.15) is 4.98 Å². The third-order valence-corrected chi connectivity index (χ3v) is 6.49. The molecule has 0 amide bonds. The van der Waals surface area contributed by atoms with E-state index in [2.05, 4.69) is 15.3 Å². The highest BCUT2D eigenvalue weighted by molar-refractivity contribution is 8.00. The van der Waals surface area contributed by atoms with Gasteiger partial charge in [-0.25, -0.2) is 4.68 Å². The normalized spacial score (nSPS) is 11.1. The first-order chi connectivity index (χ1) is 13.9. The molecule has 0 aliphatic rings. The molecule has 4 aromatic rings. The maximum absolute atomic E-state index is 12.3. The van der Waals surface area contributed by atoms with Crippen LogP contribution >= 0.6 is 34.7 Å². The number of benzene rings is 2. The zero-order valence-corrected chi connectivity index (χ0v) is 17.3. The van der Waals surface area contributed by atoms with Crippen LogP contribution < -0.4 is 5.56 Å². The molecule has 2 aromatic heterocycles. The van der Waals surface area contributed by atoms with Crippen LogP contribution in [0.15, 0.2) is 51.7 Å². The van der Waals surface area contributed by atoms with Crippen molar-refractivity contribution in [3.8, 4) is 5.69 Å². The number of aromatic nitrogens is 4. The highest BCUT2D eigenvalue weighted by atomic mass is 35.5. The molecule has 0 spiro atoms.